The summed E-state index contributed by atoms with van der Waals surface area (Å²) in [6, 6.07) is 7.79. The molecule has 0 atom stereocenters. The summed E-state index contributed by atoms with van der Waals surface area (Å²) >= 11 is 0. The van der Waals surface area contributed by atoms with Crippen LogP contribution in [-0.4, -0.2) is 25.8 Å². The topological polar surface area (TPSA) is 80.0 Å². The summed E-state index contributed by atoms with van der Waals surface area (Å²) in [5.74, 6) is -0.281. The third kappa shape index (κ3) is 3.29. The fourth-order valence-electron chi connectivity index (χ4n) is 2.69. The summed E-state index contributed by atoms with van der Waals surface area (Å²) in [6.45, 7) is 5.73. The standard InChI is InChI=1S/C19H20N4O2/c1-12-4-5-13(2)18(8-12)23-14(3)16(9-21-23)19(25)22-17-10-20-7-6-15(17)11-24/h4-10,24H,11H2,1-3H3,(H,22,25). The molecule has 0 fully saturated rings. The molecule has 1 aromatic carbocycles. The second-order valence-electron chi connectivity index (χ2n) is 5.99. The maximum absolute atomic E-state index is 12.6. The Morgan fingerprint density at radius 3 is 2.76 bits per heavy atom. The van der Waals surface area contributed by atoms with Crippen LogP contribution >= 0.6 is 0 Å². The number of carbonyl (C=O) groups is 1. The summed E-state index contributed by atoms with van der Waals surface area (Å²) < 4.78 is 1.77. The largest absolute Gasteiger partial charge is 0.392 e. The minimum Gasteiger partial charge on any atom is -0.392 e. The monoisotopic (exact) mass is 336 g/mol. The van der Waals surface area contributed by atoms with E-state index in [0.29, 0.717) is 16.8 Å². The number of benzene rings is 1. The first-order chi connectivity index (χ1) is 12.0. The molecule has 0 spiro atoms. The van der Waals surface area contributed by atoms with E-state index in [1.807, 2.05) is 39.0 Å². The van der Waals surface area contributed by atoms with Gasteiger partial charge in [0.15, 0.2) is 0 Å². The van der Waals surface area contributed by atoms with E-state index in [9.17, 15) is 9.90 Å². The molecule has 1 amide bonds. The second kappa shape index (κ2) is 6.86. The first kappa shape index (κ1) is 16.9. The molecular formula is C19H20N4O2. The van der Waals surface area contributed by atoms with Crippen LogP contribution in [0.2, 0.25) is 0 Å². The molecule has 3 aromatic rings. The van der Waals surface area contributed by atoms with Gasteiger partial charge in [-0.1, -0.05) is 12.1 Å². The Morgan fingerprint density at radius 2 is 2.00 bits per heavy atom. The predicted octanol–water partition coefficient (Wildman–Crippen LogP) is 2.94. The Kier molecular flexibility index (Phi) is 4.63. The molecule has 0 unspecified atom stereocenters. The number of aliphatic hydroxyl groups excluding tert-OH is 1. The number of aliphatic hydroxyl groups is 1. The number of carbonyl (C=O) groups excluding carboxylic acids is 1. The molecule has 6 heteroatoms. The number of amides is 1. The lowest BCUT2D eigenvalue weighted by Crippen LogP contribution is -2.14. The molecule has 3 rings (SSSR count). The van der Waals surface area contributed by atoms with Gasteiger partial charge < -0.3 is 10.4 Å². The van der Waals surface area contributed by atoms with Crippen molar-refractivity contribution in [1.29, 1.82) is 0 Å². The highest BCUT2D eigenvalue weighted by Gasteiger charge is 2.17. The van der Waals surface area contributed by atoms with Crippen LogP contribution in [0.15, 0.2) is 42.9 Å². The van der Waals surface area contributed by atoms with Crippen LogP contribution < -0.4 is 5.32 Å². The Balaban J connectivity index is 1.93. The average molecular weight is 336 g/mol. The zero-order chi connectivity index (χ0) is 18.0. The number of nitrogens with zero attached hydrogens (tertiary/aromatic N) is 3. The van der Waals surface area contributed by atoms with Crippen molar-refractivity contribution in [2.24, 2.45) is 0 Å². The third-order valence-corrected chi connectivity index (χ3v) is 4.18. The molecule has 0 saturated carbocycles. The summed E-state index contributed by atoms with van der Waals surface area (Å²) in [6.07, 6.45) is 4.65. The maximum atomic E-state index is 12.6. The first-order valence-corrected chi connectivity index (χ1v) is 7.98. The van der Waals surface area contributed by atoms with Crippen molar-refractivity contribution in [3.63, 3.8) is 0 Å². The number of anilines is 1. The van der Waals surface area contributed by atoms with Gasteiger partial charge in [0, 0.05) is 11.8 Å². The molecule has 6 nitrogen and oxygen atoms in total. The van der Waals surface area contributed by atoms with E-state index in [-0.39, 0.29) is 12.5 Å². The van der Waals surface area contributed by atoms with Crippen LogP contribution in [0.25, 0.3) is 5.69 Å². The molecule has 0 bridgehead atoms. The van der Waals surface area contributed by atoms with E-state index in [0.717, 1.165) is 22.5 Å². The Morgan fingerprint density at radius 1 is 1.20 bits per heavy atom. The van der Waals surface area contributed by atoms with Crippen LogP contribution in [0.1, 0.15) is 32.7 Å². The molecule has 2 heterocycles. The number of hydrogen-bond acceptors (Lipinski definition) is 4. The maximum Gasteiger partial charge on any atom is 0.259 e. The van der Waals surface area contributed by atoms with Crippen LogP contribution in [-0.2, 0) is 6.61 Å². The normalized spacial score (nSPS) is 10.7. The number of nitrogens with one attached hydrogen (secondary N) is 1. The molecule has 0 aliphatic heterocycles. The molecule has 0 aliphatic carbocycles. The zero-order valence-electron chi connectivity index (χ0n) is 14.4. The van der Waals surface area contributed by atoms with Gasteiger partial charge >= 0.3 is 0 Å². The molecule has 2 N–H and O–H groups in total. The van der Waals surface area contributed by atoms with E-state index in [4.69, 9.17) is 0 Å². The van der Waals surface area contributed by atoms with Crippen molar-refractivity contribution in [1.82, 2.24) is 14.8 Å². The quantitative estimate of drug-likeness (QED) is 0.768. The number of hydrogen-bond donors (Lipinski definition) is 2. The first-order valence-electron chi connectivity index (χ1n) is 7.98. The van der Waals surface area contributed by atoms with Gasteiger partial charge in [0.25, 0.3) is 5.91 Å². The van der Waals surface area contributed by atoms with Crippen LogP contribution in [0.5, 0.6) is 0 Å². The van der Waals surface area contributed by atoms with Crippen molar-refractivity contribution >= 4 is 11.6 Å². The van der Waals surface area contributed by atoms with Crippen molar-refractivity contribution in [2.45, 2.75) is 27.4 Å². The van der Waals surface area contributed by atoms with Crippen LogP contribution in [0, 0.1) is 20.8 Å². The predicted molar refractivity (Wildman–Crippen MR) is 95.9 cm³/mol. The van der Waals surface area contributed by atoms with E-state index in [1.54, 1.807) is 23.1 Å². The highest BCUT2D eigenvalue weighted by atomic mass is 16.3. The molecule has 128 valence electrons. The van der Waals surface area contributed by atoms with E-state index >= 15 is 0 Å². The third-order valence-electron chi connectivity index (χ3n) is 4.18. The Bertz CT molecular complexity index is 931. The number of pyridine rings is 1. The fourth-order valence-corrected chi connectivity index (χ4v) is 2.69. The van der Waals surface area contributed by atoms with Gasteiger partial charge in [-0.2, -0.15) is 5.10 Å². The molecule has 0 saturated heterocycles. The second-order valence-corrected chi connectivity index (χ2v) is 5.99. The van der Waals surface area contributed by atoms with Gasteiger partial charge in [-0.05, 0) is 44.0 Å². The summed E-state index contributed by atoms with van der Waals surface area (Å²) in [5.41, 5.74) is 5.50. The van der Waals surface area contributed by atoms with Gasteiger partial charge in [0.1, 0.15) is 0 Å². The number of aryl methyl sites for hydroxylation is 2. The minimum atomic E-state index is -0.281. The van der Waals surface area contributed by atoms with Gasteiger partial charge in [-0.15, -0.1) is 0 Å². The highest BCUT2D eigenvalue weighted by Crippen LogP contribution is 2.21. The lowest BCUT2D eigenvalue weighted by molar-refractivity contribution is 0.102. The van der Waals surface area contributed by atoms with Gasteiger partial charge in [-0.3, -0.25) is 9.78 Å². The van der Waals surface area contributed by atoms with Crippen molar-refractivity contribution in [3.8, 4) is 5.69 Å². The molecule has 2 aromatic heterocycles. The SMILES string of the molecule is Cc1ccc(C)c(-n2ncc(C(=O)Nc3cnccc3CO)c2C)c1. The van der Waals surface area contributed by atoms with Crippen molar-refractivity contribution in [2.75, 3.05) is 5.32 Å². The number of aromatic nitrogens is 3. The van der Waals surface area contributed by atoms with E-state index in [2.05, 4.69) is 15.4 Å². The number of rotatable bonds is 4. The van der Waals surface area contributed by atoms with Crippen LogP contribution in [0.4, 0.5) is 5.69 Å². The zero-order valence-corrected chi connectivity index (χ0v) is 14.4. The minimum absolute atomic E-state index is 0.168. The summed E-state index contributed by atoms with van der Waals surface area (Å²) in [7, 11) is 0. The van der Waals surface area contributed by atoms with E-state index in [1.165, 1.54) is 6.20 Å². The molecule has 25 heavy (non-hydrogen) atoms. The lowest BCUT2D eigenvalue weighted by Gasteiger charge is -2.11. The van der Waals surface area contributed by atoms with Gasteiger partial charge in [-0.25, -0.2) is 4.68 Å². The average Bonchev–Trinajstić information content (AvgIpc) is 2.99. The smallest absolute Gasteiger partial charge is 0.259 e. The Labute approximate surface area is 146 Å². The fraction of sp³-hybridized carbons (Fsp3) is 0.211. The highest BCUT2D eigenvalue weighted by molar-refractivity contribution is 6.05. The summed E-state index contributed by atoms with van der Waals surface area (Å²) in [4.78, 5) is 16.6. The summed E-state index contributed by atoms with van der Waals surface area (Å²) in [5, 5.41) is 16.5. The van der Waals surface area contributed by atoms with Crippen LogP contribution in [0.3, 0.4) is 0 Å². The van der Waals surface area contributed by atoms with Gasteiger partial charge in [0.2, 0.25) is 0 Å². The van der Waals surface area contributed by atoms with Crippen molar-refractivity contribution < 1.29 is 9.90 Å². The van der Waals surface area contributed by atoms with Gasteiger partial charge in [0.05, 0.1) is 41.6 Å². The Hall–Kier alpha value is -2.99. The molecule has 0 radical (unpaired) electrons. The molecule has 0 aliphatic rings. The van der Waals surface area contributed by atoms with E-state index < -0.39 is 0 Å². The van der Waals surface area contributed by atoms with Crippen molar-refractivity contribution in [3.05, 3.63) is 70.8 Å². The lowest BCUT2D eigenvalue weighted by atomic mass is 10.1. The molecular weight excluding hydrogens is 316 g/mol.